The van der Waals surface area contributed by atoms with E-state index in [0.717, 1.165) is 0 Å². The van der Waals surface area contributed by atoms with Gasteiger partial charge in [-0.15, -0.1) is 10.2 Å². The van der Waals surface area contributed by atoms with Crippen molar-refractivity contribution in [1.29, 1.82) is 0 Å². The van der Waals surface area contributed by atoms with E-state index in [1.165, 1.54) is 35.2 Å². The van der Waals surface area contributed by atoms with Gasteiger partial charge in [0.1, 0.15) is 5.82 Å². The zero-order valence-electron chi connectivity index (χ0n) is 11.6. The lowest BCUT2D eigenvalue weighted by Crippen LogP contribution is -2.14. The number of aromatic nitrogens is 2. The zero-order valence-corrected chi connectivity index (χ0v) is 13.3. The van der Waals surface area contributed by atoms with Crippen LogP contribution in [0, 0.1) is 5.82 Å². The van der Waals surface area contributed by atoms with Crippen LogP contribution in [0.2, 0.25) is 0 Å². The van der Waals surface area contributed by atoms with E-state index in [1.807, 2.05) is 0 Å². The third-order valence-corrected chi connectivity index (χ3v) is 4.42. The smallest absolute Gasteiger partial charge is 0.234 e. The summed E-state index contributed by atoms with van der Waals surface area (Å²) in [7, 11) is 0. The molecular weight excluding hydrogens is 327 g/mol. The molecule has 0 unspecified atom stereocenters. The predicted octanol–water partition coefficient (Wildman–Crippen LogP) is 2.76. The molecule has 22 heavy (non-hydrogen) atoms. The Bertz CT molecular complexity index is 678. The van der Waals surface area contributed by atoms with Gasteiger partial charge in [-0.25, -0.2) is 4.39 Å². The molecule has 1 aromatic heterocycles. The maximum Gasteiger partial charge on any atom is 0.234 e. The number of carbonyl (C=O) groups is 2. The number of para-hydroxylation sites is 1. The third kappa shape index (κ3) is 4.78. The molecule has 9 heteroatoms. The Hall–Kier alpha value is -2.00. The van der Waals surface area contributed by atoms with Gasteiger partial charge in [-0.2, -0.15) is 0 Å². The van der Waals surface area contributed by atoms with Crippen LogP contribution in [0.15, 0.2) is 28.6 Å². The van der Waals surface area contributed by atoms with Crippen molar-refractivity contribution in [2.75, 3.05) is 16.4 Å². The Morgan fingerprint density at radius 1 is 1.23 bits per heavy atom. The number of nitrogens with one attached hydrogen (secondary N) is 2. The number of amides is 2. The van der Waals surface area contributed by atoms with Crippen molar-refractivity contribution in [1.82, 2.24) is 10.2 Å². The maximum absolute atomic E-state index is 13.4. The lowest BCUT2D eigenvalue weighted by molar-refractivity contribution is -0.116. The summed E-state index contributed by atoms with van der Waals surface area (Å²) in [6, 6.07) is 5.95. The van der Waals surface area contributed by atoms with Gasteiger partial charge in [0.2, 0.25) is 16.9 Å². The number of benzene rings is 1. The van der Waals surface area contributed by atoms with Crippen molar-refractivity contribution in [2.24, 2.45) is 0 Å². The molecule has 1 aromatic carbocycles. The first-order valence-corrected chi connectivity index (χ1v) is 8.19. The summed E-state index contributed by atoms with van der Waals surface area (Å²) in [4.78, 5) is 23.0. The van der Waals surface area contributed by atoms with Crippen LogP contribution in [-0.4, -0.2) is 27.8 Å². The van der Waals surface area contributed by atoms with Crippen LogP contribution in [0.3, 0.4) is 0 Å². The summed E-state index contributed by atoms with van der Waals surface area (Å²) in [6.45, 7) is 1.74. The summed E-state index contributed by atoms with van der Waals surface area (Å²) >= 11 is 2.35. The molecule has 0 fully saturated rings. The van der Waals surface area contributed by atoms with Crippen molar-refractivity contribution in [3.05, 3.63) is 30.1 Å². The minimum absolute atomic E-state index is 0.0741. The highest BCUT2D eigenvalue weighted by atomic mass is 32.2. The van der Waals surface area contributed by atoms with Crippen molar-refractivity contribution in [3.63, 3.8) is 0 Å². The molecule has 1 heterocycles. The molecule has 0 aliphatic rings. The van der Waals surface area contributed by atoms with Gasteiger partial charge in [-0.3, -0.25) is 9.59 Å². The maximum atomic E-state index is 13.4. The molecule has 0 aliphatic carbocycles. The molecule has 0 saturated carbocycles. The average Bonchev–Trinajstić information content (AvgIpc) is 2.95. The van der Waals surface area contributed by atoms with E-state index in [4.69, 9.17) is 0 Å². The van der Waals surface area contributed by atoms with Crippen LogP contribution in [0.5, 0.6) is 0 Å². The van der Waals surface area contributed by atoms with Crippen molar-refractivity contribution in [2.45, 2.75) is 17.7 Å². The minimum Gasteiger partial charge on any atom is -0.323 e. The monoisotopic (exact) mass is 340 g/mol. The average molecular weight is 340 g/mol. The number of rotatable bonds is 6. The molecule has 0 saturated heterocycles. The molecule has 0 bridgehead atoms. The first-order chi connectivity index (χ1) is 10.6. The Morgan fingerprint density at radius 2 is 2.00 bits per heavy atom. The molecule has 0 radical (unpaired) electrons. The van der Waals surface area contributed by atoms with E-state index < -0.39 is 5.82 Å². The number of halogens is 1. The first kappa shape index (κ1) is 16.4. The Kier molecular flexibility index (Phi) is 5.84. The van der Waals surface area contributed by atoms with E-state index >= 15 is 0 Å². The van der Waals surface area contributed by atoms with E-state index in [9.17, 15) is 14.0 Å². The standard InChI is InChI=1S/C13H13FN4O2S2/c1-2-10(19)16-12-17-18-13(22-12)21-7-11(20)15-9-6-4-3-5-8(9)14/h3-6H,2,7H2,1H3,(H,15,20)(H,16,17,19). The molecule has 2 aromatic rings. The van der Waals surface area contributed by atoms with Crippen LogP contribution >= 0.6 is 23.1 Å². The largest absolute Gasteiger partial charge is 0.323 e. The van der Waals surface area contributed by atoms with Crippen LogP contribution in [0.25, 0.3) is 0 Å². The highest BCUT2D eigenvalue weighted by Gasteiger charge is 2.11. The van der Waals surface area contributed by atoms with Gasteiger partial charge >= 0.3 is 0 Å². The van der Waals surface area contributed by atoms with Crippen molar-refractivity contribution < 1.29 is 14.0 Å². The van der Waals surface area contributed by atoms with Crippen molar-refractivity contribution >= 4 is 45.7 Å². The molecule has 116 valence electrons. The molecule has 2 N–H and O–H groups in total. The number of carbonyl (C=O) groups excluding carboxylic acids is 2. The molecule has 2 amide bonds. The van der Waals surface area contributed by atoms with Crippen LogP contribution < -0.4 is 10.6 Å². The second-order valence-electron chi connectivity index (χ2n) is 4.09. The second-order valence-corrected chi connectivity index (χ2v) is 6.29. The molecule has 0 aliphatic heterocycles. The Balaban J connectivity index is 1.84. The molecule has 0 atom stereocenters. The highest BCUT2D eigenvalue weighted by molar-refractivity contribution is 8.01. The molecular formula is C13H13FN4O2S2. The summed E-state index contributed by atoms with van der Waals surface area (Å²) in [5, 5.41) is 13.1. The fraction of sp³-hybridized carbons (Fsp3) is 0.231. The fourth-order valence-electron chi connectivity index (χ4n) is 1.40. The third-order valence-electron chi connectivity index (χ3n) is 2.45. The summed E-state index contributed by atoms with van der Waals surface area (Å²) < 4.78 is 13.9. The van der Waals surface area contributed by atoms with Crippen LogP contribution in [-0.2, 0) is 9.59 Å². The highest BCUT2D eigenvalue weighted by Crippen LogP contribution is 2.25. The van der Waals surface area contributed by atoms with Gasteiger partial charge in [0.15, 0.2) is 4.34 Å². The van der Waals surface area contributed by atoms with Gasteiger partial charge in [0, 0.05) is 6.42 Å². The van der Waals surface area contributed by atoms with Gasteiger partial charge in [-0.05, 0) is 12.1 Å². The predicted molar refractivity (Wildman–Crippen MR) is 84.6 cm³/mol. The summed E-state index contributed by atoms with van der Waals surface area (Å²) in [5.41, 5.74) is 0.140. The SMILES string of the molecule is CCC(=O)Nc1nnc(SCC(=O)Nc2ccccc2F)s1. The summed E-state index contributed by atoms with van der Waals surface area (Å²) in [6.07, 6.45) is 0.354. The number of hydrogen-bond donors (Lipinski definition) is 2. The number of hydrogen-bond acceptors (Lipinski definition) is 6. The van der Waals surface area contributed by atoms with Crippen molar-refractivity contribution in [3.8, 4) is 0 Å². The van der Waals surface area contributed by atoms with Crippen LogP contribution in [0.4, 0.5) is 15.2 Å². The zero-order chi connectivity index (χ0) is 15.9. The van der Waals surface area contributed by atoms with Gasteiger partial charge in [-0.1, -0.05) is 42.2 Å². The Labute approximate surface area is 134 Å². The molecule has 0 spiro atoms. The van der Waals surface area contributed by atoms with Gasteiger partial charge in [0.05, 0.1) is 11.4 Å². The van der Waals surface area contributed by atoms with Gasteiger partial charge < -0.3 is 10.6 Å². The van der Waals surface area contributed by atoms with E-state index in [-0.39, 0.29) is 23.3 Å². The minimum atomic E-state index is -0.485. The Morgan fingerprint density at radius 3 is 2.73 bits per heavy atom. The fourth-order valence-corrected chi connectivity index (χ4v) is 2.97. The number of nitrogens with zero attached hydrogens (tertiary/aromatic N) is 2. The van der Waals surface area contributed by atoms with Crippen LogP contribution in [0.1, 0.15) is 13.3 Å². The summed E-state index contributed by atoms with van der Waals surface area (Å²) in [5.74, 6) is -0.902. The lowest BCUT2D eigenvalue weighted by Gasteiger charge is -2.04. The van der Waals surface area contributed by atoms with E-state index in [2.05, 4.69) is 20.8 Å². The normalized spacial score (nSPS) is 10.3. The second kappa shape index (κ2) is 7.85. The lowest BCUT2D eigenvalue weighted by atomic mass is 10.3. The van der Waals surface area contributed by atoms with E-state index in [0.29, 0.717) is 15.9 Å². The van der Waals surface area contributed by atoms with E-state index in [1.54, 1.807) is 19.1 Å². The van der Waals surface area contributed by atoms with Gasteiger partial charge in [0.25, 0.3) is 0 Å². The topological polar surface area (TPSA) is 84.0 Å². The quantitative estimate of drug-likeness (QED) is 0.624. The number of thioether (sulfide) groups is 1. The first-order valence-electron chi connectivity index (χ1n) is 6.39. The number of anilines is 2. The molecule has 2 rings (SSSR count). The molecule has 6 nitrogen and oxygen atoms in total.